The van der Waals surface area contributed by atoms with Crippen LogP contribution < -0.4 is 4.74 Å². The normalized spacial score (nSPS) is 12.1. The van der Waals surface area contributed by atoms with Crippen molar-refractivity contribution in [1.82, 2.24) is 0 Å². The molecular formula is C10H12O4. The fraction of sp³-hybridized carbons (Fsp3) is 0.300. The van der Waals surface area contributed by atoms with Gasteiger partial charge in [-0.3, -0.25) is 0 Å². The van der Waals surface area contributed by atoms with Gasteiger partial charge in [0.1, 0.15) is 5.75 Å². The molecule has 0 amide bonds. The highest BCUT2D eigenvalue weighted by Gasteiger charge is 2.18. The summed E-state index contributed by atoms with van der Waals surface area (Å²) in [5.74, 6) is -0.649. The van der Waals surface area contributed by atoms with Crippen LogP contribution >= 0.6 is 0 Å². The first-order valence-corrected chi connectivity index (χ1v) is 4.30. The van der Waals surface area contributed by atoms with Gasteiger partial charge in [-0.2, -0.15) is 0 Å². The van der Waals surface area contributed by atoms with E-state index in [0.717, 1.165) is 0 Å². The highest BCUT2D eigenvalue weighted by molar-refractivity contribution is 5.71. The Morgan fingerprint density at radius 2 is 2.07 bits per heavy atom. The number of para-hydroxylation sites is 1. The molecule has 14 heavy (non-hydrogen) atoms. The number of ether oxygens (including phenoxy) is 2. The van der Waals surface area contributed by atoms with Crippen LogP contribution in [0.1, 0.15) is 6.92 Å². The van der Waals surface area contributed by atoms with Gasteiger partial charge in [-0.05, 0) is 19.1 Å². The lowest BCUT2D eigenvalue weighted by Gasteiger charge is -2.14. The van der Waals surface area contributed by atoms with E-state index in [4.69, 9.17) is 14.6 Å². The van der Waals surface area contributed by atoms with Crippen LogP contribution in [0.25, 0.3) is 0 Å². The number of carbonyl (C=O) groups is 1. The molecule has 0 bridgehead atoms. The molecule has 0 aliphatic carbocycles. The lowest BCUT2D eigenvalue weighted by molar-refractivity contribution is -0.170. The molecule has 0 saturated carbocycles. The predicted molar refractivity (Wildman–Crippen MR) is 50.1 cm³/mol. The third kappa shape index (κ3) is 3.06. The molecule has 1 unspecified atom stereocenters. The van der Waals surface area contributed by atoms with Crippen molar-refractivity contribution in [3.05, 3.63) is 30.3 Å². The minimum Gasteiger partial charge on any atom is -0.477 e. The molecule has 0 spiro atoms. The van der Waals surface area contributed by atoms with Gasteiger partial charge in [0.25, 0.3) is 6.29 Å². The fourth-order valence-corrected chi connectivity index (χ4v) is 0.930. The first-order chi connectivity index (χ1) is 6.74. The van der Waals surface area contributed by atoms with Crippen molar-refractivity contribution in [2.45, 2.75) is 13.2 Å². The van der Waals surface area contributed by atoms with Crippen molar-refractivity contribution in [3.63, 3.8) is 0 Å². The molecule has 1 N–H and O–H groups in total. The highest BCUT2D eigenvalue weighted by atomic mass is 16.7. The maximum absolute atomic E-state index is 10.6. The minimum atomic E-state index is -1.23. The maximum Gasteiger partial charge on any atom is 0.373 e. The Bertz CT molecular complexity index is 283. The molecule has 1 aromatic carbocycles. The fourth-order valence-electron chi connectivity index (χ4n) is 0.930. The number of rotatable bonds is 5. The van der Waals surface area contributed by atoms with E-state index in [9.17, 15) is 4.79 Å². The average Bonchev–Trinajstić information content (AvgIpc) is 2.18. The molecule has 4 heteroatoms. The molecule has 0 saturated heterocycles. The van der Waals surface area contributed by atoms with Gasteiger partial charge in [-0.15, -0.1) is 0 Å². The molecule has 0 aliphatic heterocycles. The van der Waals surface area contributed by atoms with Gasteiger partial charge in [-0.1, -0.05) is 18.2 Å². The van der Waals surface area contributed by atoms with Crippen molar-refractivity contribution in [2.75, 3.05) is 6.61 Å². The molecule has 0 fully saturated rings. The summed E-state index contributed by atoms with van der Waals surface area (Å²) in [4.78, 5) is 10.6. The number of hydrogen-bond donors (Lipinski definition) is 1. The zero-order valence-corrected chi connectivity index (χ0v) is 7.84. The van der Waals surface area contributed by atoms with Gasteiger partial charge in [0, 0.05) is 6.61 Å². The summed E-state index contributed by atoms with van der Waals surface area (Å²) in [6.07, 6.45) is -1.23. The van der Waals surface area contributed by atoms with Crippen LogP contribution in [0, 0.1) is 0 Å². The quantitative estimate of drug-likeness (QED) is 0.725. The summed E-state index contributed by atoms with van der Waals surface area (Å²) in [5, 5.41) is 8.72. The summed E-state index contributed by atoms with van der Waals surface area (Å²) in [6.45, 7) is 2.01. The molecule has 1 aromatic rings. The molecule has 1 rings (SSSR count). The zero-order valence-electron chi connectivity index (χ0n) is 7.84. The Kier molecular flexibility index (Phi) is 3.94. The molecule has 0 aliphatic rings. The van der Waals surface area contributed by atoms with Gasteiger partial charge in [-0.25, -0.2) is 4.79 Å². The standard InChI is InChI=1S/C10H12O4/c1-2-13-10(9(11)12)14-8-6-4-3-5-7-8/h3-7,10H,2H2,1H3,(H,11,12). The summed E-state index contributed by atoms with van der Waals surface area (Å²) >= 11 is 0. The van der Waals surface area contributed by atoms with Crippen LogP contribution in [-0.2, 0) is 9.53 Å². The van der Waals surface area contributed by atoms with Gasteiger partial charge in [0.15, 0.2) is 0 Å². The third-order valence-electron chi connectivity index (χ3n) is 1.51. The zero-order chi connectivity index (χ0) is 10.4. The average molecular weight is 196 g/mol. The van der Waals surface area contributed by atoms with Crippen LogP contribution in [0.4, 0.5) is 0 Å². The molecular weight excluding hydrogens is 184 g/mol. The summed E-state index contributed by atoms with van der Waals surface area (Å²) in [5.41, 5.74) is 0. The monoisotopic (exact) mass is 196 g/mol. The second kappa shape index (κ2) is 5.24. The molecule has 0 radical (unpaired) electrons. The Labute approximate surface area is 82.1 Å². The van der Waals surface area contributed by atoms with E-state index >= 15 is 0 Å². The molecule has 76 valence electrons. The Morgan fingerprint density at radius 1 is 1.43 bits per heavy atom. The van der Waals surface area contributed by atoms with E-state index < -0.39 is 12.3 Å². The van der Waals surface area contributed by atoms with E-state index in [1.807, 2.05) is 6.07 Å². The third-order valence-corrected chi connectivity index (χ3v) is 1.51. The second-order valence-electron chi connectivity index (χ2n) is 2.56. The summed E-state index contributed by atoms with van der Waals surface area (Å²) in [6, 6.07) is 8.70. The minimum absolute atomic E-state index is 0.295. The van der Waals surface area contributed by atoms with Crippen molar-refractivity contribution in [2.24, 2.45) is 0 Å². The largest absolute Gasteiger partial charge is 0.477 e. The van der Waals surface area contributed by atoms with Crippen molar-refractivity contribution in [1.29, 1.82) is 0 Å². The van der Waals surface area contributed by atoms with Gasteiger partial charge in [0.05, 0.1) is 0 Å². The van der Waals surface area contributed by atoms with Gasteiger partial charge >= 0.3 is 5.97 Å². The summed E-state index contributed by atoms with van der Waals surface area (Å²) < 4.78 is 9.98. The number of aliphatic carboxylic acids is 1. The van der Waals surface area contributed by atoms with Crippen LogP contribution in [-0.4, -0.2) is 24.0 Å². The van der Waals surface area contributed by atoms with Crippen LogP contribution in [0.2, 0.25) is 0 Å². The Morgan fingerprint density at radius 3 is 2.57 bits per heavy atom. The van der Waals surface area contributed by atoms with Gasteiger partial charge < -0.3 is 14.6 Å². The first-order valence-electron chi connectivity index (χ1n) is 4.30. The van der Waals surface area contributed by atoms with E-state index in [0.29, 0.717) is 12.4 Å². The van der Waals surface area contributed by atoms with E-state index in [-0.39, 0.29) is 0 Å². The predicted octanol–water partition coefficient (Wildman–Crippen LogP) is 1.51. The van der Waals surface area contributed by atoms with E-state index in [1.54, 1.807) is 31.2 Å². The smallest absolute Gasteiger partial charge is 0.373 e. The van der Waals surface area contributed by atoms with Crippen LogP contribution in [0.5, 0.6) is 5.75 Å². The lowest BCUT2D eigenvalue weighted by Crippen LogP contribution is -2.30. The van der Waals surface area contributed by atoms with Crippen molar-refractivity contribution in [3.8, 4) is 5.75 Å². The van der Waals surface area contributed by atoms with E-state index in [1.165, 1.54) is 0 Å². The number of benzene rings is 1. The first kappa shape index (κ1) is 10.5. The number of carboxylic acid groups (broad SMARTS) is 1. The lowest BCUT2D eigenvalue weighted by atomic mass is 10.3. The molecule has 1 atom stereocenters. The van der Waals surface area contributed by atoms with Crippen molar-refractivity contribution < 1.29 is 19.4 Å². The van der Waals surface area contributed by atoms with Crippen LogP contribution in [0.3, 0.4) is 0 Å². The molecule has 0 aromatic heterocycles. The molecule has 4 nitrogen and oxygen atoms in total. The van der Waals surface area contributed by atoms with Crippen molar-refractivity contribution >= 4 is 5.97 Å². The topological polar surface area (TPSA) is 55.8 Å². The maximum atomic E-state index is 10.6. The summed E-state index contributed by atoms with van der Waals surface area (Å²) in [7, 11) is 0. The highest BCUT2D eigenvalue weighted by Crippen LogP contribution is 2.11. The van der Waals surface area contributed by atoms with Gasteiger partial charge in [0.2, 0.25) is 0 Å². The van der Waals surface area contributed by atoms with E-state index in [2.05, 4.69) is 0 Å². The number of carboxylic acids is 1. The molecule has 0 heterocycles. The number of hydrogen-bond acceptors (Lipinski definition) is 3. The second-order valence-corrected chi connectivity index (χ2v) is 2.56. The Balaban J connectivity index is 2.60. The van der Waals surface area contributed by atoms with Crippen LogP contribution in [0.15, 0.2) is 30.3 Å². The SMILES string of the molecule is CCOC(Oc1ccccc1)C(=O)O. The Hall–Kier alpha value is -1.55.